The molecule has 2 atom stereocenters. The summed E-state index contributed by atoms with van der Waals surface area (Å²) in [5, 5.41) is 7.84. The van der Waals surface area contributed by atoms with Crippen LogP contribution in [0.2, 0.25) is 0 Å². The van der Waals surface area contributed by atoms with Crippen LogP contribution in [0.5, 0.6) is 5.75 Å². The minimum absolute atomic E-state index is 0.00950. The van der Waals surface area contributed by atoms with Crippen molar-refractivity contribution in [1.82, 2.24) is 14.6 Å². The van der Waals surface area contributed by atoms with Crippen molar-refractivity contribution in [2.24, 2.45) is 17.8 Å². The number of allylic oxidation sites excluding steroid dienone is 5. The molecule has 2 unspecified atom stereocenters. The smallest absolute Gasteiger partial charge is 0.423 e. The first-order valence-corrected chi connectivity index (χ1v) is 10.6. The first-order chi connectivity index (χ1) is 15.2. The third-order valence-electron chi connectivity index (χ3n) is 5.93. The van der Waals surface area contributed by atoms with Gasteiger partial charge in [-0.25, -0.2) is 0 Å². The predicted molar refractivity (Wildman–Crippen MR) is 115 cm³/mol. The number of hydrogen-bond acceptors (Lipinski definition) is 4. The highest BCUT2D eigenvalue weighted by atomic mass is 19.4. The quantitative estimate of drug-likeness (QED) is 0.357. The van der Waals surface area contributed by atoms with Crippen LogP contribution in [0.25, 0.3) is 5.65 Å². The molecule has 0 saturated heterocycles. The number of fused-ring (bicyclic) bond motifs is 1. The second-order valence-corrected chi connectivity index (χ2v) is 8.31. The molecular formula is C24H26F3N3O2. The Morgan fingerprint density at radius 1 is 1.25 bits per heavy atom. The van der Waals surface area contributed by atoms with E-state index in [1.165, 1.54) is 16.7 Å². The van der Waals surface area contributed by atoms with E-state index in [9.17, 15) is 13.2 Å². The van der Waals surface area contributed by atoms with Gasteiger partial charge < -0.3 is 9.47 Å². The van der Waals surface area contributed by atoms with E-state index in [2.05, 4.69) is 23.4 Å². The summed E-state index contributed by atoms with van der Waals surface area (Å²) in [6.45, 7) is 9.87. The molecule has 0 radical (unpaired) electrons. The molecular weight excluding hydrogens is 419 g/mol. The number of halogens is 3. The Hall–Kier alpha value is -3.03. The van der Waals surface area contributed by atoms with Gasteiger partial charge in [0, 0.05) is 18.5 Å². The van der Waals surface area contributed by atoms with Crippen LogP contribution in [0.15, 0.2) is 60.7 Å². The summed E-state index contributed by atoms with van der Waals surface area (Å²) < 4.78 is 54.4. The molecule has 2 aliphatic carbocycles. The fourth-order valence-corrected chi connectivity index (χ4v) is 3.88. The monoisotopic (exact) mass is 445 g/mol. The van der Waals surface area contributed by atoms with Gasteiger partial charge in [0.1, 0.15) is 28.7 Å². The van der Waals surface area contributed by atoms with Crippen LogP contribution in [0.3, 0.4) is 0 Å². The van der Waals surface area contributed by atoms with E-state index >= 15 is 0 Å². The molecule has 0 N–H and O–H groups in total. The fraction of sp³-hybridized carbons (Fsp3) is 0.417. The van der Waals surface area contributed by atoms with Gasteiger partial charge in [0.15, 0.2) is 5.65 Å². The lowest BCUT2D eigenvalue weighted by atomic mass is 10.1. The predicted octanol–water partition coefficient (Wildman–Crippen LogP) is 5.89. The van der Waals surface area contributed by atoms with E-state index in [0.29, 0.717) is 30.3 Å². The summed E-state index contributed by atoms with van der Waals surface area (Å²) >= 11 is 0. The summed E-state index contributed by atoms with van der Waals surface area (Å²) in [5.41, 5.74) is -0.405. The Balaban J connectivity index is 1.55. The zero-order valence-corrected chi connectivity index (χ0v) is 18.2. The summed E-state index contributed by atoms with van der Waals surface area (Å²) in [7, 11) is 1.56. The summed E-state index contributed by atoms with van der Waals surface area (Å²) in [5.74, 6) is 1.48. The van der Waals surface area contributed by atoms with Gasteiger partial charge in [-0.3, -0.25) is 4.40 Å². The molecule has 0 spiro atoms. The lowest BCUT2D eigenvalue weighted by molar-refractivity contribution is -0.137. The van der Waals surface area contributed by atoms with E-state index < -0.39 is 11.7 Å². The molecule has 0 amide bonds. The second kappa shape index (κ2) is 8.48. The molecule has 0 aromatic carbocycles. The highest BCUT2D eigenvalue weighted by Crippen LogP contribution is 2.51. The molecule has 2 aromatic heterocycles. The molecule has 32 heavy (non-hydrogen) atoms. The van der Waals surface area contributed by atoms with Crippen molar-refractivity contribution in [2.45, 2.75) is 38.8 Å². The van der Waals surface area contributed by atoms with Crippen LogP contribution >= 0.6 is 0 Å². The number of rotatable bonds is 9. The van der Waals surface area contributed by atoms with Gasteiger partial charge >= 0.3 is 6.18 Å². The normalized spacial score (nSPS) is 21.2. The maximum Gasteiger partial charge on any atom is 0.423 e. The SMILES string of the molecule is C=C(Oc1ccn2c(CC3CC3)nnc2c1C(F)(F)F)C1CC1C(=C)C(=CC=CC)OC. The summed E-state index contributed by atoms with van der Waals surface area (Å²) in [6.07, 6.45) is 5.87. The van der Waals surface area contributed by atoms with Crippen LogP contribution in [-0.4, -0.2) is 21.7 Å². The third kappa shape index (κ3) is 4.45. The maximum atomic E-state index is 14.0. The van der Waals surface area contributed by atoms with E-state index in [1.807, 2.05) is 25.2 Å². The first-order valence-electron chi connectivity index (χ1n) is 10.6. The van der Waals surface area contributed by atoms with Crippen molar-refractivity contribution in [2.75, 3.05) is 7.11 Å². The number of pyridine rings is 1. The molecule has 0 bridgehead atoms. The van der Waals surface area contributed by atoms with Crippen LogP contribution < -0.4 is 4.74 Å². The molecule has 8 heteroatoms. The Morgan fingerprint density at radius 2 is 2.00 bits per heavy atom. The van der Waals surface area contributed by atoms with Gasteiger partial charge in [0.25, 0.3) is 0 Å². The van der Waals surface area contributed by atoms with Crippen molar-refractivity contribution in [3.63, 3.8) is 0 Å². The van der Waals surface area contributed by atoms with Crippen LogP contribution in [0, 0.1) is 17.8 Å². The molecule has 2 fully saturated rings. The average molecular weight is 445 g/mol. The first kappa shape index (κ1) is 22.2. The van der Waals surface area contributed by atoms with Crippen molar-refractivity contribution < 1.29 is 22.6 Å². The lowest BCUT2D eigenvalue weighted by Gasteiger charge is -2.16. The Labute approximate surface area is 184 Å². The van der Waals surface area contributed by atoms with E-state index in [-0.39, 0.29) is 29.0 Å². The van der Waals surface area contributed by atoms with Crippen LogP contribution in [0.4, 0.5) is 13.2 Å². The molecule has 0 aliphatic heterocycles. The molecule has 5 nitrogen and oxygen atoms in total. The standard InChI is InChI=1S/C24H26F3N3O2/c1-5-6-7-19(31-4)14(2)17-13-18(17)15(3)32-20-10-11-30-21(12-16-8-9-16)28-29-23(30)22(20)24(25,26)27/h5-7,10-11,16-18H,2-3,8-9,12-13H2,1,4H3. The number of methoxy groups -OCH3 is 1. The Morgan fingerprint density at radius 3 is 2.62 bits per heavy atom. The van der Waals surface area contributed by atoms with E-state index in [0.717, 1.165) is 18.4 Å². The van der Waals surface area contributed by atoms with Crippen LogP contribution in [0.1, 0.15) is 37.6 Å². The number of alkyl halides is 3. The highest BCUT2D eigenvalue weighted by Gasteiger charge is 2.45. The summed E-state index contributed by atoms with van der Waals surface area (Å²) in [4.78, 5) is 0. The minimum atomic E-state index is -4.65. The van der Waals surface area contributed by atoms with Gasteiger partial charge in [0.05, 0.1) is 7.11 Å². The fourth-order valence-electron chi connectivity index (χ4n) is 3.88. The Kier molecular flexibility index (Phi) is 5.88. The van der Waals surface area contributed by atoms with Crippen molar-refractivity contribution in [3.05, 3.63) is 72.1 Å². The second-order valence-electron chi connectivity index (χ2n) is 8.31. The zero-order valence-electron chi connectivity index (χ0n) is 18.2. The van der Waals surface area contributed by atoms with E-state index in [1.54, 1.807) is 7.11 Å². The largest absolute Gasteiger partial charge is 0.496 e. The number of aromatic nitrogens is 3. The van der Waals surface area contributed by atoms with Gasteiger partial charge in [-0.05, 0) is 55.7 Å². The minimum Gasteiger partial charge on any atom is -0.496 e. The molecule has 2 saturated carbocycles. The van der Waals surface area contributed by atoms with Gasteiger partial charge in [0.2, 0.25) is 0 Å². The van der Waals surface area contributed by atoms with Crippen molar-refractivity contribution in [3.8, 4) is 5.75 Å². The zero-order chi connectivity index (χ0) is 23.0. The van der Waals surface area contributed by atoms with Crippen molar-refractivity contribution in [1.29, 1.82) is 0 Å². The molecule has 2 heterocycles. The van der Waals surface area contributed by atoms with Crippen LogP contribution in [-0.2, 0) is 17.3 Å². The average Bonchev–Trinajstić information content (AvgIpc) is 3.65. The number of ether oxygens (including phenoxy) is 2. The van der Waals surface area contributed by atoms with Gasteiger partial charge in [-0.15, -0.1) is 10.2 Å². The van der Waals surface area contributed by atoms with E-state index in [4.69, 9.17) is 9.47 Å². The number of nitrogens with zero attached hydrogens (tertiary/aromatic N) is 3. The van der Waals surface area contributed by atoms with Gasteiger partial charge in [-0.1, -0.05) is 25.3 Å². The molecule has 170 valence electrons. The third-order valence-corrected chi connectivity index (χ3v) is 5.93. The summed E-state index contributed by atoms with van der Waals surface area (Å²) in [6, 6.07) is 1.32. The maximum absolute atomic E-state index is 14.0. The number of hydrogen-bond donors (Lipinski definition) is 0. The molecule has 4 rings (SSSR count). The topological polar surface area (TPSA) is 48.7 Å². The molecule has 2 aliphatic rings. The molecule has 2 aromatic rings. The lowest BCUT2D eigenvalue weighted by Crippen LogP contribution is -2.12. The van der Waals surface area contributed by atoms with Gasteiger partial charge in [-0.2, -0.15) is 13.2 Å². The Bertz CT molecular complexity index is 1110. The highest BCUT2D eigenvalue weighted by molar-refractivity contribution is 5.57. The van der Waals surface area contributed by atoms with Crippen molar-refractivity contribution >= 4 is 5.65 Å².